The Kier molecular flexibility index (Phi) is 5.24. The highest BCUT2D eigenvalue weighted by Gasteiger charge is 2.36. The van der Waals surface area contributed by atoms with E-state index in [0.29, 0.717) is 25.3 Å². The first-order valence-electron chi connectivity index (χ1n) is 7.70. The summed E-state index contributed by atoms with van der Waals surface area (Å²) >= 11 is 0. The van der Waals surface area contributed by atoms with Gasteiger partial charge in [-0.25, -0.2) is 0 Å². The number of aliphatic hydroxyl groups excluding tert-OH is 1. The summed E-state index contributed by atoms with van der Waals surface area (Å²) in [4.78, 5) is 26.1. The number of rotatable bonds is 7. The van der Waals surface area contributed by atoms with Gasteiger partial charge in [0.05, 0.1) is 18.7 Å². The van der Waals surface area contributed by atoms with Crippen molar-refractivity contribution >= 4 is 11.8 Å². The molecule has 0 spiro atoms. The lowest BCUT2D eigenvalue weighted by molar-refractivity contribution is -0.130. The summed E-state index contributed by atoms with van der Waals surface area (Å²) in [6.45, 7) is 4.72. The summed E-state index contributed by atoms with van der Waals surface area (Å²) in [5, 5.41) is 12.1. The number of amides is 2. The van der Waals surface area contributed by atoms with Gasteiger partial charge in [0.25, 0.3) is 0 Å². The molecule has 2 N–H and O–H groups in total. The van der Waals surface area contributed by atoms with Gasteiger partial charge in [-0.2, -0.15) is 0 Å². The molecule has 1 aromatic rings. The van der Waals surface area contributed by atoms with Crippen LogP contribution in [-0.4, -0.2) is 40.5 Å². The van der Waals surface area contributed by atoms with Gasteiger partial charge in [0.2, 0.25) is 11.8 Å². The average molecular weight is 308 g/mol. The summed E-state index contributed by atoms with van der Waals surface area (Å²) in [7, 11) is 0. The second-order valence-corrected chi connectivity index (χ2v) is 6.13. The summed E-state index contributed by atoms with van der Waals surface area (Å²) in [6.07, 6.45) is 3.04. The predicted octanol–water partition coefficient (Wildman–Crippen LogP) is 1.30. The number of carbonyl (C=O) groups excluding carboxylic acids is 2. The Bertz CT molecular complexity index is 514. The van der Waals surface area contributed by atoms with Crippen LogP contribution in [0, 0.1) is 5.92 Å². The molecular weight excluding hydrogens is 284 g/mol. The maximum absolute atomic E-state index is 12.4. The van der Waals surface area contributed by atoms with Crippen molar-refractivity contribution < 1.29 is 19.1 Å². The lowest BCUT2D eigenvalue weighted by Crippen LogP contribution is -2.48. The largest absolute Gasteiger partial charge is 0.467 e. The zero-order valence-electron chi connectivity index (χ0n) is 13.2. The van der Waals surface area contributed by atoms with E-state index in [4.69, 9.17) is 9.52 Å². The van der Waals surface area contributed by atoms with Crippen molar-refractivity contribution in [3.8, 4) is 0 Å². The van der Waals surface area contributed by atoms with Gasteiger partial charge < -0.3 is 19.7 Å². The van der Waals surface area contributed by atoms with Crippen LogP contribution >= 0.6 is 0 Å². The van der Waals surface area contributed by atoms with Gasteiger partial charge in [-0.15, -0.1) is 0 Å². The third-order valence-electron chi connectivity index (χ3n) is 4.38. The van der Waals surface area contributed by atoms with E-state index in [-0.39, 0.29) is 30.8 Å². The molecule has 6 heteroatoms. The molecule has 1 saturated heterocycles. The highest BCUT2D eigenvalue weighted by molar-refractivity contribution is 5.89. The minimum Gasteiger partial charge on any atom is -0.467 e. The normalized spacial score (nSPS) is 21.0. The summed E-state index contributed by atoms with van der Waals surface area (Å²) < 4.78 is 5.25. The van der Waals surface area contributed by atoms with Crippen molar-refractivity contribution in [2.75, 3.05) is 13.2 Å². The summed E-state index contributed by atoms with van der Waals surface area (Å²) in [5.74, 6) is 0.227. The molecule has 0 radical (unpaired) electrons. The van der Waals surface area contributed by atoms with Gasteiger partial charge in [-0.3, -0.25) is 9.59 Å². The van der Waals surface area contributed by atoms with E-state index in [1.165, 1.54) is 0 Å². The number of hydrogen-bond donors (Lipinski definition) is 2. The van der Waals surface area contributed by atoms with Crippen LogP contribution in [0.3, 0.4) is 0 Å². The molecule has 2 amide bonds. The zero-order chi connectivity index (χ0) is 16.2. The Labute approximate surface area is 130 Å². The molecule has 0 saturated carbocycles. The van der Waals surface area contributed by atoms with Crippen LogP contribution < -0.4 is 5.32 Å². The van der Waals surface area contributed by atoms with Crippen LogP contribution in [0.25, 0.3) is 0 Å². The van der Waals surface area contributed by atoms with E-state index >= 15 is 0 Å². The SMILES string of the molecule is CCC(C)(CCO)NC(=O)C1CC(=O)N(Cc2ccco2)C1. The molecule has 22 heavy (non-hydrogen) atoms. The van der Waals surface area contributed by atoms with Gasteiger partial charge in [0.1, 0.15) is 5.76 Å². The molecule has 0 bridgehead atoms. The monoisotopic (exact) mass is 308 g/mol. The topological polar surface area (TPSA) is 82.8 Å². The highest BCUT2D eigenvalue weighted by Crippen LogP contribution is 2.22. The van der Waals surface area contributed by atoms with Crippen molar-refractivity contribution in [3.05, 3.63) is 24.2 Å². The van der Waals surface area contributed by atoms with Gasteiger partial charge in [-0.05, 0) is 31.9 Å². The van der Waals surface area contributed by atoms with E-state index in [9.17, 15) is 9.59 Å². The van der Waals surface area contributed by atoms with Crippen LogP contribution in [0.15, 0.2) is 22.8 Å². The molecule has 2 heterocycles. The van der Waals surface area contributed by atoms with Gasteiger partial charge in [-0.1, -0.05) is 6.92 Å². The molecule has 2 rings (SSSR count). The molecular formula is C16H24N2O4. The highest BCUT2D eigenvalue weighted by atomic mass is 16.3. The molecule has 1 aromatic heterocycles. The van der Waals surface area contributed by atoms with Crippen molar-refractivity contribution in [1.29, 1.82) is 0 Å². The molecule has 6 nitrogen and oxygen atoms in total. The predicted molar refractivity (Wildman–Crippen MR) is 80.8 cm³/mol. The fourth-order valence-electron chi connectivity index (χ4n) is 2.67. The Morgan fingerprint density at radius 1 is 1.59 bits per heavy atom. The summed E-state index contributed by atoms with van der Waals surface area (Å²) in [5.41, 5.74) is -0.427. The third-order valence-corrected chi connectivity index (χ3v) is 4.38. The lowest BCUT2D eigenvalue weighted by atomic mass is 9.93. The van der Waals surface area contributed by atoms with E-state index in [1.54, 1.807) is 17.2 Å². The minimum atomic E-state index is -0.427. The quantitative estimate of drug-likeness (QED) is 0.795. The Hall–Kier alpha value is -1.82. The number of hydrogen-bond acceptors (Lipinski definition) is 4. The van der Waals surface area contributed by atoms with E-state index in [1.807, 2.05) is 19.9 Å². The second-order valence-electron chi connectivity index (χ2n) is 6.13. The first-order valence-corrected chi connectivity index (χ1v) is 7.70. The van der Waals surface area contributed by atoms with Crippen LogP contribution in [0.5, 0.6) is 0 Å². The minimum absolute atomic E-state index is 0.0266. The van der Waals surface area contributed by atoms with E-state index < -0.39 is 5.54 Å². The van der Waals surface area contributed by atoms with Crippen LogP contribution in [0.1, 0.15) is 38.9 Å². The number of nitrogens with one attached hydrogen (secondary N) is 1. The number of nitrogens with zero attached hydrogens (tertiary/aromatic N) is 1. The Morgan fingerprint density at radius 3 is 2.95 bits per heavy atom. The molecule has 1 fully saturated rings. The molecule has 0 aliphatic carbocycles. The van der Waals surface area contributed by atoms with Crippen molar-refractivity contribution in [2.24, 2.45) is 5.92 Å². The van der Waals surface area contributed by atoms with E-state index in [0.717, 1.165) is 6.42 Å². The number of furan rings is 1. The lowest BCUT2D eigenvalue weighted by Gasteiger charge is -2.30. The number of likely N-dealkylation sites (tertiary alicyclic amines) is 1. The van der Waals surface area contributed by atoms with Gasteiger partial charge >= 0.3 is 0 Å². The zero-order valence-corrected chi connectivity index (χ0v) is 13.2. The standard InChI is InChI=1S/C16H24N2O4/c1-3-16(2,6-7-19)17-15(21)12-9-14(20)18(10-12)11-13-5-4-8-22-13/h4-5,8,12,19H,3,6-7,9-11H2,1-2H3,(H,17,21). The smallest absolute Gasteiger partial charge is 0.225 e. The first kappa shape index (κ1) is 16.5. The molecule has 2 unspecified atom stereocenters. The number of aliphatic hydroxyl groups is 1. The number of carbonyl (C=O) groups is 2. The van der Waals surface area contributed by atoms with Gasteiger partial charge in [0, 0.05) is 25.1 Å². The maximum Gasteiger partial charge on any atom is 0.225 e. The Balaban J connectivity index is 1.93. The van der Waals surface area contributed by atoms with Gasteiger partial charge in [0.15, 0.2) is 0 Å². The van der Waals surface area contributed by atoms with Crippen molar-refractivity contribution in [2.45, 2.75) is 45.2 Å². The van der Waals surface area contributed by atoms with Crippen molar-refractivity contribution in [3.63, 3.8) is 0 Å². The molecule has 2 atom stereocenters. The van der Waals surface area contributed by atoms with Crippen molar-refractivity contribution in [1.82, 2.24) is 10.2 Å². The van der Waals surface area contributed by atoms with Crippen LogP contribution in [-0.2, 0) is 16.1 Å². The second kappa shape index (κ2) is 6.96. The Morgan fingerprint density at radius 2 is 2.36 bits per heavy atom. The fraction of sp³-hybridized carbons (Fsp3) is 0.625. The molecule has 0 aromatic carbocycles. The average Bonchev–Trinajstić information content (AvgIpc) is 3.10. The van der Waals surface area contributed by atoms with Crippen LogP contribution in [0.2, 0.25) is 0 Å². The van der Waals surface area contributed by atoms with E-state index in [2.05, 4.69) is 5.32 Å². The molecule has 122 valence electrons. The first-order chi connectivity index (χ1) is 10.5. The molecule has 1 aliphatic rings. The maximum atomic E-state index is 12.4. The summed E-state index contributed by atoms with van der Waals surface area (Å²) in [6, 6.07) is 3.59. The van der Waals surface area contributed by atoms with Crippen LogP contribution in [0.4, 0.5) is 0 Å². The molecule has 1 aliphatic heterocycles. The third kappa shape index (κ3) is 3.88. The fourth-order valence-corrected chi connectivity index (χ4v) is 2.67.